The number of aryl methyl sites for hydroxylation is 2. The highest BCUT2D eigenvalue weighted by molar-refractivity contribution is 7.99. The first-order valence-electron chi connectivity index (χ1n) is 16.7. The summed E-state index contributed by atoms with van der Waals surface area (Å²) in [7, 11) is 3.84. The average Bonchev–Trinajstić information content (AvgIpc) is 3.60. The number of halogens is 1. The fraction of sp³-hybridized carbons (Fsp3) is 0.342. The maximum absolute atomic E-state index is 12.8. The van der Waals surface area contributed by atoms with Gasteiger partial charge in [0.25, 0.3) is 0 Å². The lowest BCUT2D eigenvalue weighted by atomic mass is 9.94. The molecular weight excluding hydrogens is 674 g/mol. The summed E-state index contributed by atoms with van der Waals surface area (Å²) in [4.78, 5) is 13.9. The van der Waals surface area contributed by atoms with Crippen LogP contribution in [0.2, 0.25) is 5.02 Å². The predicted octanol–water partition coefficient (Wildman–Crippen LogP) is 9.34. The quantitative estimate of drug-likeness (QED) is 0.185. The Balaban J connectivity index is 1.30. The van der Waals surface area contributed by atoms with E-state index in [9.17, 15) is 9.90 Å². The summed E-state index contributed by atoms with van der Waals surface area (Å²) in [6.45, 7) is 3.35. The molecule has 4 heterocycles. The zero-order valence-electron chi connectivity index (χ0n) is 28.0. The van der Waals surface area contributed by atoms with Crippen molar-refractivity contribution in [1.29, 1.82) is 0 Å². The van der Waals surface area contributed by atoms with Crippen molar-refractivity contribution in [1.82, 2.24) is 19.4 Å². The Bertz CT molecular complexity index is 2100. The number of carboxylic acids is 1. The van der Waals surface area contributed by atoms with Crippen LogP contribution in [0, 0.1) is 0 Å². The summed E-state index contributed by atoms with van der Waals surface area (Å²) in [5.41, 5.74) is 6.05. The Morgan fingerprint density at radius 3 is 2.78 bits per heavy atom. The number of fused-ring (bicyclic) bond motifs is 7. The minimum atomic E-state index is -0.953. The molecule has 1 N–H and O–H groups in total. The number of hydrogen-bond donors (Lipinski definition) is 1. The van der Waals surface area contributed by atoms with Crippen LogP contribution < -0.4 is 4.74 Å². The second kappa shape index (κ2) is 14.5. The van der Waals surface area contributed by atoms with E-state index >= 15 is 0 Å². The van der Waals surface area contributed by atoms with Gasteiger partial charge < -0.3 is 14.4 Å². The van der Waals surface area contributed by atoms with Crippen LogP contribution in [0.25, 0.3) is 27.8 Å². The lowest BCUT2D eigenvalue weighted by Gasteiger charge is -2.27. The van der Waals surface area contributed by atoms with E-state index in [1.54, 1.807) is 28.1 Å². The average molecular weight is 714 g/mol. The first-order valence-corrected chi connectivity index (χ1v) is 19.2. The molecule has 1 atom stereocenters. The molecule has 2 aliphatic heterocycles. The number of aromatic nitrogens is 3. The molecule has 3 aromatic carbocycles. The third-order valence-corrected chi connectivity index (χ3v) is 11.7. The molecule has 2 aromatic heterocycles. The molecule has 0 aliphatic carbocycles. The molecule has 0 unspecified atom stereocenters. The molecule has 8 nitrogen and oxygen atoms in total. The van der Waals surface area contributed by atoms with E-state index < -0.39 is 5.97 Å². The molecule has 1 saturated heterocycles. The summed E-state index contributed by atoms with van der Waals surface area (Å²) in [5, 5.41) is 25.9. The topological polar surface area (TPSA) is 84.9 Å². The number of nitrogens with zero attached hydrogens (tertiary/aromatic N) is 5. The molecule has 11 heteroatoms. The molecule has 1 fully saturated rings. The van der Waals surface area contributed by atoms with Crippen molar-refractivity contribution in [3.8, 4) is 5.75 Å². The summed E-state index contributed by atoms with van der Waals surface area (Å²) in [5.74, 6) is 2.16. The SMILES string of the molecule is C[C@@H]1CCOc2cc(cc3ccccc23)SCc2cc(nn2C)CSC/C=N/N2CCCC/C2=C\c2c(Cl)ccc3c1c(C(=O)O)n(C)c23. The number of piperidine rings is 1. The van der Waals surface area contributed by atoms with Crippen LogP contribution >= 0.6 is 35.1 Å². The van der Waals surface area contributed by atoms with Gasteiger partial charge in [-0.25, -0.2) is 4.79 Å². The van der Waals surface area contributed by atoms with Gasteiger partial charge in [-0.15, -0.1) is 23.5 Å². The molecule has 0 amide bonds. The summed E-state index contributed by atoms with van der Waals surface area (Å²) < 4.78 is 10.3. The summed E-state index contributed by atoms with van der Waals surface area (Å²) in [6.07, 6.45) is 7.73. The number of ether oxygens (including phenoxy) is 1. The number of rotatable bonds is 1. The lowest BCUT2D eigenvalue weighted by Crippen LogP contribution is -2.23. The van der Waals surface area contributed by atoms with Crippen molar-refractivity contribution in [2.45, 2.75) is 54.9 Å². The fourth-order valence-corrected chi connectivity index (χ4v) is 8.82. The van der Waals surface area contributed by atoms with Gasteiger partial charge in [0.1, 0.15) is 11.4 Å². The van der Waals surface area contributed by atoms with E-state index in [2.05, 4.69) is 48.3 Å². The van der Waals surface area contributed by atoms with Crippen molar-refractivity contribution < 1.29 is 14.6 Å². The molecule has 5 aromatic rings. The number of hydrogen-bond acceptors (Lipinski definition) is 7. The Labute approximate surface area is 300 Å². The first-order chi connectivity index (χ1) is 23.8. The van der Waals surface area contributed by atoms with Crippen LogP contribution in [-0.4, -0.2) is 55.6 Å². The highest BCUT2D eigenvalue weighted by Gasteiger charge is 2.27. The number of aromatic carboxylic acids is 1. The smallest absolute Gasteiger partial charge is 0.352 e. The standard InChI is InChI=1S/C38H40ClN5O3S2/c1-24-13-16-47-34-21-29(18-25-8-4-5-10-30(25)34)49-23-28-19-26(41-43(28)3)22-48-17-14-40-44-15-7-6-9-27(44)20-32-33(39)12-11-31-35(24)37(38(45)46)42(2)36(31)32/h4-5,8,10-12,14,18-21,24H,6-7,9,13,15-17,22-23H2,1-3H3,(H,45,46)/b27-20+,40-14+/t24-/m1/s1. The van der Waals surface area contributed by atoms with Gasteiger partial charge in [-0.1, -0.05) is 48.9 Å². The van der Waals surface area contributed by atoms with Gasteiger partial charge in [0, 0.05) is 81.8 Å². The number of benzene rings is 3. The molecule has 0 saturated carbocycles. The van der Waals surface area contributed by atoms with E-state index in [1.165, 1.54) is 5.69 Å². The zero-order chi connectivity index (χ0) is 34.1. The van der Waals surface area contributed by atoms with Crippen LogP contribution in [0.3, 0.4) is 0 Å². The maximum atomic E-state index is 12.8. The third-order valence-electron chi connectivity index (χ3n) is 9.45. The van der Waals surface area contributed by atoms with Crippen LogP contribution in [-0.2, 0) is 25.6 Å². The van der Waals surface area contributed by atoms with Gasteiger partial charge >= 0.3 is 5.97 Å². The second-order valence-electron chi connectivity index (χ2n) is 12.7. The Morgan fingerprint density at radius 2 is 1.92 bits per heavy atom. The molecule has 49 heavy (non-hydrogen) atoms. The fourth-order valence-electron chi connectivity index (χ4n) is 6.99. The van der Waals surface area contributed by atoms with Crippen LogP contribution in [0.5, 0.6) is 5.75 Å². The maximum Gasteiger partial charge on any atom is 0.352 e. The van der Waals surface area contributed by atoms with Crippen molar-refractivity contribution in [3.05, 3.63) is 93.5 Å². The normalized spacial score (nSPS) is 19.6. The monoisotopic (exact) mass is 713 g/mol. The van der Waals surface area contributed by atoms with E-state index in [4.69, 9.17) is 26.5 Å². The number of allylic oxidation sites excluding steroid dienone is 1. The van der Waals surface area contributed by atoms with Gasteiger partial charge in [-0.3, -0.25) is 9.69 Å². The van der Waals surface area contributed by atoms with Gasteiger partial charge in [0.05, 0.1) is 17.8 Å². The molecule has 8 bridgehead atoms. The van der Waals surface area contributed by atoms with E-state index in [0.29, 0.717) is 18.1 Å². The Kier molecular flexibility index (Phi) is 9.99. The van der Waals surface area contributed by atoms with Crippen LogP contribution in [0.1, 0.15) is 71.5 Å². The highest BCUT2D eigenvalue weighted by atomic mass is 35.5. The largest absolute Gasteiger partial charge is 0.493 e. The molecule has 2 aliphatic rings. The number of carboxylic acid groups (broad SMARTS) is 1. The third kappa shape index (κ3) is 6.96. The van der Waals surface area contributed by atoms with Crippen molar-refractivity contribution >= 4 is 75.1 Å². The predicted molar refractivity (Wildman–Crippen MR) is 203 cm³/mol. The van der Waals surface area contributed by atoms with Crippen molar-refractivity contribution in [3.63, 3.8) is 0 Å². The lowest BCUT2D eigenvalue weighted by molar-refractivity contribution is 0.0685. The van der Waals surface area contributed by atoms with E-state index in [-0.39, 0.29) is 11.6 Å². The zero-order valence-corrected chi connectivity index (χ0v) is 30.4. The van der Waals surface area contributed by atoms with Gasteiger partial charge in [-0.2, -0.15) is 10.2 Å². The van der Waals surface area contributed by atoms with Gasteiger partial charge in [0.15, 0.2) is 0 Å². The van der Waals surface area contributed by atoms with Gasteiger partial charge in [-0.05, 0) is 72.9 Å². The van der Waals surface area contributed by atoms with Gasteiger partial charge in [0.2, 0.25) is 0 Å². The molecule has 7 rings (SSSR count). The minimum Gasteiger partial charge on any atom is -0.493 e. The Morgan fingerprint density at radius 1 is 1.06 bits per heavy atom. The van der Waals surface area contributed by atoms with Crippen LogP contribution in [0.4, 0.5) is 0 Å². The van der Waals surface area contributed by atoms with Crippen LogP contribution in [0.15, 0.2) is 70.3 Å². The summed E-state index contributed by atoms with van der Waals surface area (Å²) >= 11 is 10.5. The number of carbonyl (C=O) groups is 1. The molecular formula is C38H40ClN5O3S2. The molecule has 0 radical (unpaired) electrons. The highest BCUT2D eigenvalue weighted by Crippen LogP contribution is 2.40. The van der Waals surface area contributed by atoms with Crippen molar-refractivity contribution in [2.75, 3.05) is 18.9 Å². The molecule has 0 spiro atoms. The number of hydrazone groups is 1. The summed E-state index contributed by atoms with van der Waals surface area (Å²) in [6, 6.07) is 18.7. The minimum absolute atomic E-state index is 0.0850. The van der Waals surface area contributed by atoms with Crippen molar-refractivity contribution in [2.24, 2.45) is 19.2 Å². The molecule has 254 valence electrons. The first kappa shape index (κ1) is 33.6. The van der Waals surface area contributed by atoms with E-state index in [1.807, 2.05) is 49.3 Å². The van der Waals surface area contributed by atoms with E-state index in [0.717, 1.165) is 97.9 Å². The second-order valence-corrected chi connectivity index (χ2v) is 15.2. The Hall–Kier alpha value is -3.86. The number of thioether (sulfide) groups is 2.